The van der Waals surface area contributed by atoms with Crippen molar-refractivity contribution in [3.8, 4) is 11.8 Å². The molecule has 1 aromatic rings. The summed E-state index contributed by atoms with van der Waals surface area (Å²) in [5, 5.41) is 12.0. The third-order valence-corrected chi connectivity index (χ3v) is 4.27. The Labute approximate surface area is 137 Å². The molecule has 0 bridgehead atoms. The third-order valence-electron chi connectivity index (χ3n) is 4.27. The molecule has 5 heteroatoms. The number of carbonyl (C=O) groups is 1. The average molecular weight is 315 g/mol. The van der Waals surface area contributed by atoms with E-state index in [1.807, 2.05) is 18.2 Å². The topological polar surface area (TPSA) is 88.1 Å². The number of rotatable bonds is 8. The van der Waals surface area contributed by atoms with Crippen LogP contribution in [0.1, 0.15) is 44.1 Å². The number of hydrogen-bond donors (Lipinski definition) is 2. The summed E-state index contributed by atoms with van der Waals surface area (Å²) >= 11 is 0. The SMILES string of the molecule is N#CCCCOc1cccc(CNC2CCCC(C(N)=O)C2)c1. The number of ether oxygens (including phenoxy) is 1. The summed E-state index contributed by atoms with van der Waals surface area (Å²) in [6, 6.07) is 10.4. The highest BCUT2D eigenvalue weighted by Gasteiger charge is 2.25. The van der Waals surface area contributed by atoms with Gasteiger partial charge in [-0.05, 0) is 43.4 Å². The van der Waals surface area contributed by atoms with E-state index in [0.29, 0.717) is 19.1 Å². The summed E-state index contributed by atoms with van der Waals surface area (Å²) in [6.45, 7) is 1.32. The van der Waals surface area contributed by atoms with Gasteiger partial charge < -0.3 is 15.8 Å². The summed E-state index contributed by atoms with van der Waals surface area (Å²) in [7, 11) is 0. The Hall–Kier alpha value is -2.06. The number of amides is 1. The fourth-order valence-corrected chi connectivity index (χ4v) is 2.98. The first-order valence-corrected chi connectivity index (χ1v) is 8.30. The molecule has 0 aliphatic heterocycles. The van der Waals surface area contributed by atoms with Crippen molar-refractivity contribution in [3.05, 3.63) is 29.8 Å². The van der Waals surface area contributed by atoms with Gasteiger partial charge in [0, 0.05) is 24.9 Å². The highest BCUT2D eigenvalue weighted by molar-refractivity contribution is 5.76. The highest BCUT2D eigenvalue weighted by Crippen LogP contribution is 2.24. The van der Waals surface area contributed by atoms with E-state index in [1.54, 1.807) is 0 Å². The zero-order chi connectivity index (χ0) is 16.5. The standard InChI is InChI=1S/C18H25N3O2/c19-9-1-2-10-23-17-8-3-5-14(11-17)13-21-16-7-4-6-15(12-16)18(20)22/h3,5,8,11,15-16,21H,1-2,4,6-7,10,12-13H2,(H2,20,22). The number of nitrogens with zero attached hydrogens (tertiary/aromatic N) is 1. The summed E-state index contributed by atoms with van der Waals surface area (Å²) in [6.07, 6.45) is 5.15. The zero-order valence-corrected chi connectivity index (χ0v) is 13.5. The maximum atomic E-state index is 11.3. The molecule has 0 aromatic heterocycles. The van der Waals surface area contributed by atoms with E-state index in [9.17, 15) is 4.79 Å². The van der Waals surface area contributed by atoms with E-state index in [1.165, 1.54) is 0 Å². The minimum absolute atomic E-state index is 0.0102. The minimum Gasteiger partial charge on any atom is -0.494 e. The molecule has 0 radical (unpaired) electrons. The molecule has 2 rings (SSSR count). The van der Waals surface area contributed by atoms with Crippen LogP contribution in [-0.2, 0) is 11.3 Å². The molecule has 124 valence electrons. The van der Waals surface area contributed by atoms with Gasteiger partial charge in [-0.1, -0.05) is 18.6 Å². The molecule has 1 aliphatic rings. The molecule has 2 atom stereocenters. The summed E-state index contributed by atoms with van der Waals surface area (Å²) in [4.78, 5) is 11.3. The molecule has 1 saturated carbocycles. The molecule has 1 fully saturated rings. The van der Waals surface area contributed by atoms with Gasteiger partial charge in [-0.2, -0.15) is 5.26 Å². The van der Waals surface area contributed by atoms with Gasteiger partial charge in [0.1, 0.15) is 5.75 Å². The second-order valence-electron chi connectivity index (χ2n) is 6.10. The second-order valence-corrected chi connectivity index (χ2v) is 6.10. The number of nitriles is 1. The Bertz CT molecular complexity index is 553. The van der Waals surface area contributed by atoms with Crippen LogP contribution >= 0.6 is 0 Å². The maximum absolute atomic E-state index is 11.3. The summed E-state index contributed by atoms with van der Waals surface area (Å²) in [5.74, 6) is 0.668. The third kappa shape index (κ3) is 5.91. The average Bonchev–Trinajstić information content (AvgIpc) is 2.57. The van der Waals surface area contributed by atoms with E-state index in [4.69, 9.17) is 15.7 Å². The van der Waals surface area contributed by atoms with Crippen molar-refractivity contribution in [2.75, 3.05) is 6.61 Å². The normalized spacial score (nSPS) is 20.7. The van der Waals surface area contributed by atoms with Crippen LogP contribution in [0.15, 0.2) is 24.3 Å². The molecular formula is C18H25N3O2. The smallest absolute Gasteiger partial charge is 0.220 e. The van der Waals surface area contributed by atoms with Gasteiger partial charge in [-0.15, -0.1) is 0 Å². The molecule has 0 saturated heterocycles. The van der Waals surface area contributed by atoms with Crippen molar-refractivity contribution in [2.24, 2.45) is 11.7 Å². The molecule has 1 aliphatic carbocycles. The van der Waals surface area contributed by atoms with Gasteiger partial charge in [-0.3, -0.25) is 4.79 Å². The lowest BCUT2D eigenvalue weighted by Crippen LogP contribution is -2.38. The van der Waals surface area contributed by atoms with Crippen LogP contribution < -0.4 is 15.8 Å². The van der Waals surface area contributed by atoms with E-state index in [0.717, 1.165) is 50.0 Å². The highest BCUT2D eigenvalue weighted by atomic mass is 16.5. The van der Waals surface area contributed by atoms with Crippen molar-refractivity contribution >= 4 is 5.91 Å². The first-order valence-electron chi connectivity index (χ1n) is 8.30. The van der Waals surface area contributed by atoms with Crippen molar-refractivity contribution < 1.29 is 9.53 Å². The second kappa shape index (κ2) is 9.16. The fraction of sp³-hybridized carbons (Fsp3) is 0.556. The van der Waals surface area contributed by atoms with Crippen LogP contribution in [0.2, 0.25) is 0 Å². The van der Waals surface area contributed by atoms with Crippen LogP contribution in [0, 0.1) is 17.2 Å². The van der Waals surface area contributed by atoms with Gasteiger partial charge >= 0.3 is 0 Å². The Kier molecular flexibility index (Phi) is 6.89. The van der Waals surface area contributed by atoms with Gasteiger partial charge in [0.15, 0.2) is 0 Å². The molecular weight excluding hydrogens is 290 g/mol. The minimum atomic E-state index is -0.177. The number of nitrogens with two attached hydrogens (primary N) is 1. The van der Waals surface area contributed by atoms with Crippen molar-refractivity contribution in [1.29, 1.82) is 5.26 Å². The van der Waals surface area contributed by atoms with Crippen molar-refractivity contribution in [1.82, 2.24) is 5.32 Å². The van der Waals surface area contributed by atoms with E-state index in [2.05, 4.69) is 17.5 Å². The number of benzene rings is 1. The Morgan fingerprint density at radius 3 is 3.09 bits per heavy atom. The Balaban J connectivity index is 1.79. The Morgan fingerprint density at radius 1 is 1.43 bits per heavy atom. The monoisotopic (exact) mass is 315 g/mol. The number of primary amides is 1. The first-order chi connectivity index (χ1) is 11.2. The quantitative estimate of drug-likeness (QED) is 0.721. The van der Waals surface area contributed by atoms with E-state index >= 15 is 0 Å². The summed E-state index contributed by atoms with van der Waals surface area (Å²) in [5.41, 5.74) is 6.58. The number of nitrogens with one attached hydrogen (secondary N) is 1. The van der Waals surface area contributed by atoms with Crippen LogP contribution in [0.25, 0.3) is 0 Å². The predicted molar refractivity (Wildman–Crippen MR) is 88.6 cm³/mol. The zero-order valence-electron chi connectivity index (χ0n) is 13.5. The van der Waals surface area contributed by atoms with E-state index < -0.39 is 0 Å². The van der Waals surface area contributed by atoms with Crippen LogP contribution in [0.3, 0.4) is 0 Å². The van der Waals surface area contributed by atoms with Crippen LogP contribution in [0.5, 0.6) is 5.75 Å². The summed E-state index contributed by atoms with van der Waals surface area (Å²) < 4.78 is 5.65. The molecule has 1 amide bonds. The van der Waals surface area contributed by atoms with Crippen LogP contribution in [-0.4, -0.2) is 18.6 Å². The van der Waals surface area contributed by atoms with Gasteiger partial charge in [-0.25, -0.2) is 0 Å². The number of unbranched alkanes of at least 4 members (excludes halogenated alkanes) is 1. The maximum Gasteiger partial charge on any atom is 0.220 e. The lowest BCUT2D eigenvalue weighted by Gasteiger charge is -2.28. The first kappa shape index (κ1) is 17.3. The largest absolute Gasteiger partial charge is 0.494 e. The Morgan fingerprint density at radius 2 is 2.30 bits per heavy atom. The lowest BCUT2D eigenvalue weighted by atomic mass is 9.85. The van der Waals surface area contributed by atoms with Crippen molar-refractivity contribution in [2.45, 2.75) is 51.1 Å². The lowest BCUT2D eigenvalue weighted by molar-refractivity contribution is -0.122. The molecule has 0 spiro atoms. The van der Waals surface area contributed by atoms with Gasteiger partial charge in [0.05, 0.1) is 12.7 Å². The molecule has 23 heavy (non-hydrogen) atoms. The number of hydrogen-bond acceptors (Lipinski definition) is 4. The van der Waals surface area contributed by atoms with Gasteiger partial charge in [0.25, 0.3) is 0 Å². The molecule has 0 heterocycles. The fourth-order valence-electron chi connectivity index (χ4n) is 2.98. The molecule has 1 aromatic carbocycles. The molecule has 2 unspecified atom stereocenters. The van der Waals surface area contributed by atoms with E-state index in [-0.39, 0.29) is 11.8 Å². The van der Waals surface area contributed by atoms with Crippen molar-refractivity contribution in [3.63, 3.8) is 0 Å². The van der Waals surface area contributed by atoms with Gasteiger partial charge in [0.2, 0.25) is 5.91 Å². The van der Waals surface area contributed by atoms with Crippen LogP contribution in [0.4, 0.5) is 0 Å². The molecule has 5 nitrogen and oxygen atoms in total. The predicted octanol–water partition coefficient (Wildman–Crippen LogP) is 2.50. The molecule has 3 N–H and O–H groups in total. The number of carbonyl (C=O) groups excluding carboxylic acids is 1.